The molecule has 0 radical (unpaired) electrons. The highest BCUT2D eigenvalue weighted by Crippen LogP contribution is 2.26. The first-order valence-corrected chi connectivity index (χ1v) is 9.82. The van der Waals surface area contributed by atoms with Crippen LogP contribution in [0.2, 0.25) is 0 Å². The van der Waals surface area contributed by atoms with E-state index in [9.17, 15) is 9.18 Å². The molecule has 2 aromatic carbocycles. The molecule has 0 spiro atoms. The predicted molar refractivity (Wildman–Crippen MR) is 105 cm³/mol. The third-order valence-electron chi connectivity index (χ3n) is 4.63. The number of halogens is 1. The molecule has 26 heavy (non-hydrogen) atoms. The molecule has 2 N–H and O–H groups in total. The van der Waals surface area contributed by atoms with Crippen LogP contribution in [0, 0.1) is 5.82 Å². The van der Waals surface area contributed by atoms with E-state index >= 15 is 0 Å². The number of amides is 1. The third-order valence-corrected chi connectivity index (χ3v) is 5.57. The molecule has 1 aliphatic heterocycles. The molecule has 1 aromatic heterocycles. The number of rotatable bonds is 4. The maximum atomic E-state index is 13.1. The third kappa shape index (κ3) is 3.61. The van der Waals surface area contributed by atoms with Crippen molar-refractivity contribution in [3.8, 4) is 0 Å². The molecule has 1 fully saturated rings. The second kappa shape index (κ2) is 7.51. The SMILES string of the molecule is O=C(Nc1ccc(F)cc1)c1cccc2[nH]cc(CN3CCSCC3)c12. The van der Waals surface area contributed by atoms with Crippen LogP contribution in [-0.2, 0) is 6.54 Å². The summed E-state index contributed by atoms with van der Waals surface area (Å²) in [7, 11) is 0. The van der Waals surface area contributed by atoms with E-state index < -0.39 is 0 Å². The van der Waals surface area contributed by atoms with E-state index in [1.54, 1.807) is 12.1 Å². The topological polar surface area (TPSA) is 48.1 Å². The van der Waals surface area contributed by atoms with Crippen molar-refractivity contribution >= 4 is 34.3 Å². The summed E-state index contributed by atoms with van der Waals surface area (Å²) >= 11 is 1.98. The van der Waals surface area contributed by atoms with E-state index in [0.29, 0.717) is 11.3 Å². The largest absolute Gasteiger partial charge is 0.361 e. The first-order valence-electron chi connectivity index (χ1n) is 8.67. The number of hydrogen-bond donors (Lipinski definition) is 2. The van der Waals surface area contributed by atoms with Crippen LogP contribution in [0.3, 0.4) is 0 Å². The molecule has 4 nitrogen and oxygen atoms in total. The number of benzene rings is 2. The lowest BCUT2D eigenvalue weighted by Gasteiger charge is -2.26. The predicted octanol–water partition coefficient (Wildman–Crippen LogP) is 4.11. The number of H-pyrrole nitrogens is 1. The monoisotopic (exact) mass is 369 g/mol. The van der Waals surface area contributed by atoms with Gasteiger partial charge in [0, 0.05) is 59.5 Å². The molecule has 0 aliphatic carbocycles. The smallest absolute Gasteiger partial charge is 0.256 e. The highest BCUT2D eigenvalue weighted by molar-refractivity contribution is 7.99. The summed E-state index contributed by atoms with van der Waals surface area (Å²) in [5.41, 5.74) is 3.31. The summed E-state index contributed by atoms with van der Waals surface area (Å²) in [6, 6.07) is 11.5. The number of carbonyl (C=O) groups is 1. The Morgan fingerprint density at radius 1 is 1.15 bits per heavy atom. The number of anilines is 1. The second-order valence-corrected chi connectivity index (χ2v) is 7.62. The summed E-state index contributed by atoms with van der Waals surface area (Å²) in [6.45, 7) is 2.98. The minimum absolute atomic E-state index is 0.183. The van der Waals surface area contributed by atoms with Crippen molar-refractivity contribution in [2.24, 2.45) is 0 Å². The van der Waals surface area contributed by atoms with Crippen molar-refractivity contribution in [2.75, 3.05) is 29.9 Å². The number of thioether (sulfide) groups is 1. The highest BCUT2D eigenvalue weighted by atomic mass is 32.2. The maximum absolute atomic E-state index is 13.1. The standard InChI is InChI=1S/C20H20FN3OS/c21-15-4-6-16(7-5-15)23-20(25)17-2-1-3-18-19(17)14(12-22-18)13-24-8-10-26-11-9-24/h1-7,12,22H,8-11,13H2,(H,23,25). The molecule has 0 saturated carbocycles. The zero-order chi connectivity index (χ0) is 17.9. The van der Waals surface area contributed by atoms with E-state index in [4.69, 9.17) is 0 Å². The van der Waals surface area contributed by atoms with Crippen molar-refractivity contribution in [3.63, 3.8) is 0 Å². The van der Waals surface area contributed by atoms with Crippen molar-refractivity contribution in [1.29, 1.82) is 0 Å². The molecule has 1 saturated heterocycles. The van der Waals surface area contributed by atoms with Crippen molar-refractivity contribution in [1.82, 2.24) is 9.88 Å². The zero-order valence-electron chi connectivity index (χ0n) is 14.3. The average Bonchev–Trinajstić information content (AvgIpc) is 3.07. The van der Waals surface area contributed by atoms with Crippen LogP contribution in [0.15, 0.2) is 48.7 Å². The minimum atomic E-state index is -0.322. The molecular weight excluding hydrogens is 349 g/mol. The Bertz CT molecular complexity index is 916. The van der Waals surface area contributed by atoms with Crippen molar-refractivity contribution in [2.45, 2.75) is 6.54 Å². The van der Waals surface area contributed by atoms with E-state index in [1.807, 2.05) is 36.2 Å². The number of aromatic nitrogens is 1. The van der Waals surface area contributed by atoms with Crippen LogP contribution in [0.5, 0.6) is 0 Å². The minimum Gasteiger partial charge on any atom is -0.361 e. The van der Waals surface area contributed by atoms with Crippen LogP contribution in [0.1, 0.15) is 15.9 Å². The zero-order valence-corrected chi connectivity index (χ0v) is 15.1. The summed E-state index contributed by atoms with van der Waals surface area (Å²) in [6.07, 6.45) is 2.00. The first-order chi connectivity index (χ1) is 12.7. The van der Waals surface area contributed by atoms with Gasteiger partial charge in [0.1, 0.15) is 5.82 Å². The molecule has 1 amide bonds. The van der Waals surface area contributed by atoms with Crippen LogP contribution in [0.25, 0.3) is 10.9 Å². The van der Waals surface area contributed by atoms with Gasteiger partial charge in [-0.1, -0.05) is 6.07 Å². The van der Waals surface area contributed by atoms with Crippen molar-refractivity contribution in [3.05, 3.63) is 65.6 Å². The highest BCUT2D eigenvalue weighted by Gasteiger charge is 2.18. The van der Waals surface area contributed by atoms with Crippen LogP contribution in [-0.4, -0.2) is 40.4 Å². The van der Waals surface area contributed by atoms with Gasteiger partial charge in [0.2, 0.25) is 0 Å². The van der Waals surface area contributed by atoms with Gasteiger partial charge >= 0.3 is 0 Å². The van der Waals surface area contributed by atoms with Gasteiger partial charge in [0.15, 0.2) is 0 Å². The lowest BCUT2D eigenvalue weighted by molar-refractivity contribution is 0.102. The molecule has 1 aliphatic rings. The van der Waals surface area contributed by atoms with Gasteiger partial charge in [-0.2, -0.15) is 11.8 Å². The van der Waals surface area contributed by atoms with Gasteiger partial charge in [0.05, 0.1) is 0 Å². The fraction of sp³-hybridized carbons (Fsp3) is 0.250. The number of nitrogens with zero attached hydrogens (tertiary/aromatic N) is 1. The van der Waals surface area contributed by atoms with E-state index in [2.05, 4.69) is 15.2 Å². The van der Waals surface area contributed by atoms with Gasteiger partial charge in [-0.05, 0) is 42.0 Å². The molecule has 0 bridgehead atoms. The van der Waals surface area contributed by atoms with Crippen LogP contribution < -0.4 is 5.32 Å². The fourth-order valence-corrected chi connectivity index (χ4v) is 4.28. The summed E-state index contributed by atoms with van der Waals surface area (Å²) in [5, 5.41) is 3.83. The lowest BCUT2D eigenvalue weighted by Crippen LogP contribution is -2.31. The van der Waals surface area contributed by atoms with Gasteiger partial charge in [-0.15, -0.1) is 0 Å². The summed E-state index contributed by atoms with van der Waals surface area (Å²) < 4.78 is 13.1. The number of hydrogen-bond acceptors (Lipinski definition) is 3. The lowest BCUT2D eigenvalue weighted by atomic mass is 10.0. The van der Waals surface area contributed by atoms with Gasteiger partial charge in [-0.25, -0.2) is 4.39 Å². The van der Waals surface area contributed by atoms with E-state index in [0.717, 1.165) is 47.6 Å². The Hall–Kier alpha value is -2.31. The molecule has 6 heteroatoms. The van der Waals surface area contributed by atoms with Crippen molar-refractivity contribution < 1.29 is 9.18 Å². The summed E-state index contributed by atoms with van der Waals surface area (Å²) in [4.78, 5) is 18.5. The van der Waals surface area contributed by atoms with Gasteiger partial charge in [-0.3, -0.25) is 9.69 Å². The molecular formula is C20H20FN3OS. The second-order valence-electron chi connectivity index (χ2n) is 6.39. The van der Waals surface area contributed by atoms with Crippen LogP contribution >= 0.6 is 11.8 Å². The maximum Gasteiger partial charge on any atom is 0.256 e. The number of fused-ring (bicyclic) bond motifs is 1. The number of aromatic amines is 1. The molecule has 134 valence electrons. The van der Waals surface area contributed by atoms with Gasteiger partial charge < -0.3 is 10.3 Å². The van der Waals surface area contributed by atoms with E-state index in [1.165, 1.54) is 12.1 Å². The first kappa shape index (κ1) is 17.1. The molecule has 4 rings (SSSR count). The summed E-state index contributed by atoms with van der Waals surface area (Å²) in [5.74, 6) is 1.80. The Morgan fingerprint density at radius 2 is 1.92 bits per heavy atom. The Morgan fingerprint density at radius 3 is 2.69 bits per heavy atom. The molecule has 2 heterocycles. The number of carbonyl (C=O) groups excluding carboxylic acids is 1. The molecule has 3 aromatic rings. The number of nitrogens with one attached hydrogen (secondary N) is 2. The Kier molecular flexibility index (Phi) is 4.95. The van der Waals surface area contributed by atoms with Crippen LogP contribution in [0.4, 0.5) is 10.1 Å². The fourth-order valence-electron chi connectivity index (χ4n) is 3.30. The van der Waals surface area contributed by atoms with E-state index in [-0.39, 0.29) is 11.7 Å². The quantitative estimate of drug-likeness (QED) is 0.728. The molecule has 0 atom stereocenters. The Labute approximate surface area is 155 Å². The molecule has 0 unspecified atom stereocenters. The van der Waals surface area contributed by atoms with Gasteiger partial charge in [0.25, 0.3) is 5.91 Å². The normalized spacial score (nSPS) is 15.3. The average molecular weight is 369 g/mol. The Balaban J connectivity index is 1.62.